The summed E-state index contributed by atoms with van der Waals surface area (Å²) in [6.45, 7) is 3.94. The first-order valence-corrected chi connectivity index (χ1v) is 9.13. The third kappa shape index (κ3) is 3.30. The molecule has 0 radical (unpaired) electrons. The van der Waals surface area contributed by atoms with Gasteiger partial charge in [0.1, 0.15) is 5.75 Å². The molecule has 0 aliphatic carbocycles. The standard InChI is InChI=1S/C24H21NO3/c1-16-7-11-18(12-8-16)21(26)15-23-24(27,19-13-9-17(2)10-14-19)28-22-6-4-3-5-20(22)25-23/h3-15,25,27H,1-2H3/b23-15-. The number of fused-ring (bicyclic) bond motifs is 1. The van der Waals surface area contributed by atoms with Crippen molar-refractivity contribution in [2.75, 3.05) is 5.32 Å². The molecule has 0 saturated carbocycles. The van der Waals surface area contributed by atoms with E-state index in [0.29, 0.717) is 22.6 Å². The van der Waals surface area contributed by atoms with Crippen molar-refractivity contribution in [3.63, 3.8) is 0 Å². The number of hydrogen-bond acceptors (Lipinski definition) is 4. The molecule has 4 nitrogen and oxygen atoms in total. The van der Waals surface area contributed by atoms with Gasteiger partial charge in [0.05, 0.1) is 11.4 Å². The van der Waals surface area contributed by atoms with Crippen molar-refractivity contribution in [2.24, 2.45) is 0 Å². The predicted molar refractivity (Wildman–Crippen MR) is 109 cm³/mol. The van der Waals surface area contributed by atoms with Crippen LogP contribution in [0.4, 0.5) is 5.69 Å². The van der Waals surface area contributed by atoms with E-state index in [4.69, 9.17) is 4.74 Å². The summed E-state index contributed by atoms with van der Waals surface area (Å²) in [4.78, 5) is 12.8. The van der Waals surface area contributed by atoms with E-state index in [1.54, 1.807) is 30.3 Å². The van der Waals surface area contributed by atoms with E-state index >= 15 is 0 Å². The van der Waals surface area contributed by atoms with Gasteiger partial charge < -0.3 is 15.2 Å². The first-order chi connectivity index (χ1) is 13.5. The van der Waals surface area contributed by atoms with Gasteiger partial charge in [0.25, 0.3) is 5.79 Å². The van der Waals surface area contributed by atoms with E-state index in [-0.39, 0.29) is 11.5 Å². The van der Waals surface area contributed by atoms with E-state index in [1.807, 2.05) is 56.3 Å². The first-order valence-electron chi connectivity index (χ1n) is 9.13. The summed E-state index contributed by atoms with van der Waals surface area (Å²) in [5, 5.41) is 14.7. The zero-order chi connectivity index (χ0) is 19.7. The monoisotopic (exact) mass is 371 g/mol. The van der Waals surface area contributed by atoms with Gasteiger partial charge in [0, 0.05) is 17.2 Å². The Labute approximate surface area is 164 Å². The van der Waals surface area contributed by atoms with Gasteiger partial charge in [-0.3, -0.25) is 4.79 Å². The zero-order valence-electron chi connectivity index (χ0n) is 15.8. The molecule has 140 valence electrons. The molecule has 0 saturated heterocycles. The average Bonchev–Trinajstić information content (AvgIpc) is 2.69. The van der Waals surface area contributed by atoms with Crippen LogP contribution in [0.15, 0.2) is 84.6 Å². The highest BCUT2D eigenvalue weighted by Gasteiger charge is 2.41. The van der Waals surface area contributed by atoms with Gasteiger partial charge in [-0.2, -0.15) is 0 Å². The Balaban J connectivity index is 1.80. The molecule has 28 heavy (non-hydrogen) atoms. The third-order valence-electron chi connectivity index (χ3n) is 4.83. The fourth-order valence-electron chi connectivity index (χ4n) is 3.16. The van der Waals surface area contributed by atoms with Gasteiger partial charge in [-0.05, 0) is 26.0 Å². The minimum absolute atomic E-state index is 0.212. The van der Waals surface area contributed by atoms with Crippen LogP contribution in [-0.4, -0.2) is 10.9 Å². The lowest BCUT2D eigenvalue weighted by Crippen LogP contribution is -2.41. The summed E-state index contributed by atoms with van der Waals surface area (Å²) in [5.74, 6) is -1.48. The SMILES string of the molecule is Cc1ccc(C(=O)/C=C2\Nc3ccccc3OC2(O)c2ccc(C)cc2)cc1. The molecule has 4 rings (SSSR count). The molecule has 2 N–H and O–H groups in total. The zero-order valence-corrected chi connectivity index (χ0v) is 15.8. The molecule has 1 heterocycles. The molecule has 0 aromatic heterocycles. The molecule has 1 aliphatic rings. The Hall–Kier alpha value is -3.37. The molecule has 3 aromatic rings. The second-order valence-corrected chi connectivity index (χ2v) is 7.02. The molecule has 0 amide bonds. The molecule has 3 aromatic carbocycles. The van der Waals surface area contributed by atoms with Crippen LogP contribution in [0, 0.1) is 13.8 Å². The van der Waals surface area contributed by atoms with E-state index in [1.165, 1.54) is 6.08 Å². The molecule has 1 atom stereocenters. The van der Waals surface area contributed by atoms with Gasteiger partial charge in [0.15, 0.2) is 5.78 Å². The second-order valence-electron chi connectivity index (χ2n) is 7.02. The molecule has 0 bridgehead atoms. The van der Waals surface area contributed by atoms with E-state index in [2.05, 4.69) is 5.32 Å². The number of ketones is 1. The van der Waals surface area contributed by atoms with Gasteiger partial charge in [-0.1, -0.05) is 71.8 Å². The topological polar surface area (TPSA) is 58.6 Å². The Morgan fingerprint density at radius 3 is 2.21 bits per heavy atom. The van der Waals surface area contributed by atoms with Crippen molar-refractivity contribution in [2.45, 2.75) is 19.6 Å². The summed E-state index contributed by atoms with van der Waals surface area (Å²) < 4.78 is 5.99. The number of anilines is 1. The fourth-order valence-corrected chi connectivity index (χ4v) is 3.16. The van der Waals surface area contributed by atoms with Crippen molar-refractivity contribution in [3.05, 3.63) is 107 Å². The maximum absolute atomic E-state index is 12.8. The third-order valence-corrected chi connectivity index (χ3v) is 4.83. The lowest BCUT2D eigenvalue weighted by atomic mass is 9.97. The van der Waals surface area contributed by atoms with Crippen molar-refractivity contribution in [1.29, 1.82) is 0 Å². The highest BCUT2D eigenvalue weighted by atomic mass is 16.6. The molecule has 1 unspecified atom stereocenters. The molecule has 1 aliphatic heterocycles. The predicted octanol–water partition coefficient (Wildman–Crippen LogP) is 4.72. The summed E-state index contributed by atoms with van der Waals surface area (Å²) in [7, 11) is 0. The highest BCUT2D eigenvalue weighted by Crippen LogP contribution is 2.42. The number of rotatable bonds is 3. The summed E-state index contributed by atoms with van der Waals surface area (Å²) >= 11 is 0. The number of allylic oxidation sites excluding steroid dienone is 1. The van der Waals surface area contributed by atoms with E-state index < -0.39 is 5.79 Å². The largest absolute Gasteiger partial charge is 0.450 e. The van der Waals surface area contributed by atoms with Crippen LogP contribution < -0.4 is 10.1 Å². The Kier molecular flexibility index (Phi) is 4.49. The van der Waals surface area contributed by atoms with Crippen LogP contribution in [-0.2, 0) is 5.79 Å². The van der Waals surface area contributed by atoms with Gasteiger partial charge >= 0.3 is 0 Å². The van der Waals surface area contributed by atoms with Gasteiger partial charge in [-0.15, -0.1) is 0 Å². The van der Waals surface area contributed by atoms with Crippen LogP contribution in [0.25, 0.3) is 0 Å². The number of para-hydroxylation sites is 2. The number of aryl methyl sites for hydroxylation is 2. The lowest BCUT2D eigenvalue weighted by Gasteiger charge is -2.37. The number of carbonyl (C=O) groups is 1. The maximum atomic E-state index is 12.8. The minimum Gasteiger partial charge on any atom is -0.450 e. The number of hydrogen-bond donors (Lipinski definition) is 2. The summed E-state index contributed by atoms with van der Waals surface area (Å²) in [6.07, 6.45) is 1.40. The molecule has 4 heteroatoms. The van der Waals surface area contributed by atoms with E-state index in [9.17, 15) is 9.90 Å². The van der Waals surface area contributed by atoms with Crippen LogP contribution in [0.1, 0.15) is 27.0 Å². The van der Waals surface area contributed by atoms with E-state index in [0.717, 1.165) is 11.1 Å². The molecular weight excluding hydrogens is 350 g/mol. The highest BCUT2D eigenvalue weighted by molar-refractivity contribution is 6.05. The number of nitrogens with one attached hydrogen (secondary N) is 1. The Morgan fingerprint density at radius 1 is 0.929 bits per heavy atom. The van der Waals surface area contributed by atoms with Gasteiger partial charge in [0.2, 0.25) is 0 Å². The van der Waals surface area contributed by atoms with Crippen molar-refractivity contribution < 1.29 is 14.6 Å². The lowest BCUT2D eigenvalue weighted by molar-refractivity contribution is -0.114. The van der Waals surface area contributed by atoms with Gasteiger partial charge in [-0.25, -0.2) is 0 Å². The smallest absolute Gasteiger partial charge is 0.277 e. The van der Waals surface area contributed by atoms with Crippen LogP contribution in [0.5, 0.6) is 5.75 Å². The summed E-state index contributed by atoms with van der Waals surface area (Å²) in [6, 6.07) is 22.0. The van der Waals surface area contributed by atoms with Crippen molar-refractivity contribution >= 4 is 11.5 Å². The first kappa shape index (κ1) is 18.0. The number of aliphatic hydroxyl groups is 1. The molecule has 0 spiro atoms. The summed E-state index contributed by atoms with van der Waals surface area (Å²) in [5.41, 5.74) is 4.21. The average molecular weight is 371 g/mol. The minimum atomic E-state index is -1.79. The number of benzene rings is 3. The molecular formula is C24H21NO3. The van der Waals surface area contributed by atoms with Crippen molar-refractivity contribution in [1.82, 2.24) is 0 Å². The Morgan fingerprint density at radius 2 is 1.54 bits per heavy atom. The molecule has 0 fully saturated rings. The van der Waals surface area contributed by atoms with Crippen LogP contribution >= 0.6 is 0 Å². The van der Waals surface area contributed by atoms with Crippen LogP contribution in [0.3, 0.4) is 0 Å². The Bertz CT molecular complexity index is 1050. The quantitative estimate of drug-likeness (QED) is 0.517. The number of ether oxygens (including phenoxy) is 1. The van der Waals surface area contributed by atoms with Crippen molar-refractivity contribution in [3.8, 4) is 5.75 Å². The second kappa shape index (κ2) is 6.98. The number of carbonyl (C=O) groups excluding carboxylic acids is 1. The fraction of sp³-hybridized carbons (Fsp3) is 0.125. The normalized spacial score (nSPS) is 19.5. The van der Waals surface area contributed by atoms with Crippen LogP contribution in [0.2, 0.25) is 0 Å². The maximum Gasteiger partial charge on any atom is 0.277 e.